The molecule has 0 saturated carbocycles. The highest BCUT2D eigenvalue weighted by Gasteiger charge is 2.20. The zero-order chi connectivity index (χ0) is 17.8. The van der Waals surface area contributed by atoms with Gasteiger partial charge >= 0.3 is 0 Å². The molecule has 0 aliphatic carbocycles. The molecule has 1 aliphatic heterocycles. The highest BCUT2D eigenvalue weighted by Crippen LogP contribution is 2.23. The van der Waals surface area contributed by atoms with Crippen LogP contribution in [-0.4, -0.2) is 28.0 Å². The summed E-state index contributed by atoms with van der Waals surface area (Å²) in [5.41, 5.74) is 3.46. The van der Waals surface area contributed by atoms with Crippen LogP contribution in [0.3, 0.4) is 0 Å². The summed E-state index contributed by atoms with van der Waals surface area (Å²) in [6, 6.07) is 17.2. The van der Waals surface area contributed by atoms with Gasteiger partial charge in [-0.05, 0) is 56.0 Å². The molecule has 150 valence electrons. The van der Waals surface area contributed by atoms with E-state index in [1.165, 1.54) is 18.4 Å². The molecule has 3 aromatic rings. The summed E-state index contributed by atoms with van der Waals surface area (Å²) in [5.74, 6) is 1.47. The van der Waals surface area contributed by atoms with E-state index in [1.54, 1.807) is 12.1 Å². The molecule has 1 saturated heterocycles. The maximum Gasteiger partial charge on any atom is 0.137 e. The molecule has 4 rings (SSSR count). The largest absolute Gasteiger partial charge is 0.344 e. The van der Waals surface area contributed by atoms with Crippen LogP contribution in [-0.2, 0) is 13.0 Å². The monoisotopic (exact) mass is 421 g/mol. The summed E-state index contributed by atoms with van der Waals surface area (Å²) >= 11 is 0. The lowest BCUT2D eigenvalue weighted by Crippen LogP contribution is -2.33. The van der Waals surface area contributed by atoms with E-state index >= 15 is 0 Å². The molecule has 0 spiro atoms. The zero-order valence-corrected chi connectivity index (χ0v) is 17.3. The molecular weight excluding hydrogens is 396 g/mol. The third kappa shape index (κ3) is 5.81. The number of hydrogen-bond acceptors (Lipinski definition) is 2. The summed E-state index contributed by atoms with van der Waals surface area (Å²) in [6.45, 7) is 3.09. The first-order valence-electron chi connectivity index (χ1n) is 9.33. The number of aromatic amines is 1. The number of nitrogens with zero attached hydrogens (tertiary/aromatic N) is 2. The topological polar surface area (TPSA) is 31.9 Å². The number of likely N-dealkylation sites (tertiary alicyclic amines) is 1. The molecule has 0 bridgehead atoms. The second kappa shape index (κ2) is 10.6. The van der Waals surface area contributed by atoms with Crippen molar-refractivity contribution in [1.82, 2.24) is 14.9 Å². The third-order valence-electron chi connectivity index (χ3n) is 5.21. The van der Waals surface area contributed by atoms with E-state index in [0.717, 1.165) is 43.1 Å². The predicted molar refractivity (Wildman–Crippen MR) is 117 cm³/mol. The van der Waals surface area contributed by atoms with Crippen LogP contribution in [0.2, 0.25) is 0 Å². The van der Waals surface area contributed by atoms with Crippen molar-refractivity contribution >= 4 is 24.8 Å². The summed E-state index contributed by atoms with van der Waals surface area (Å²) in [7, 11) is 0. The Balaban J connectivity index is 0.00000140. The minimum atomic E-state index is -0.155. The number of halogens is 3. The molecule has 1 aromatic heterocycles. The van der Waals surface area contributed by atoms with Gasteiger partial charge in [-0.15, -0.1) is 24.8 Å². The molecule has 2 heterocycles. The van der Waals surface area contributed by atoms with Gasteiger partial charge in [0.2, 0.25) is 0 Å². The lowest BCUT2D eigenvalue weighted by molar-refractivity contribution is 0.175. The van der Waals surface area contributed by atoms with Gasteiger partial charge in [-0.3, -0.25) is 4.90 Å². The normalized spacial score (nSPS) is 14.9. The van der Waals surface area contributed by atoms with E-state index in [2.05, 4.69) is 22.0 Å². The van der Waals surface area contributed by atoms with Gasteiger partial charge in [-0.1, -0.05) is 42.5 Å². The zero-order valence-electron chi connectivity index (χ0n) is 15.7. The molecule has 6 heteroatoms. The molecule has 1 fully saturated rings. The first kappa shape index (κ1) is 22.4. The van der Waals surface area contributed by atoms with Crippen molar-refractivity contribution in [3.05, 3.63) is 77.9 Å². The molecule has 1 aliphatic rings. The van der Waals surface area contributed by atoms with Crippen LogP contribution in [0.15, 0.2) is 60.8 Å². The number of nitrogens with one attached hydrogen (secondary N) is 1. The maximum atomic E-state index is 13.0. The number of piperidine rings is 1. The van der Waals surface area contributed by atoms with Gasteiger partial charge in [0, 0.05) is 18.3 Å². The summed E-state index contributed by atoms with van der Waals surface area (Å²) < 4.78 is 13.0. The summed E-state index contributed by atoms with van der Waals surface area (Å²) in [4.78, 5) is 10.5. The minimum Gasteiger partial charge on any atom is -0.344 e. The van der Waals surface area contributed by atoms with Gasteiger partial charge in [0.05, 0.1) is 5.69 Å². The quantitative estimate of drug-likeness (QED) is 0.588. The fraction of sp³-hybridized carbons (Fsp3) is 0.318. The number of imidazole rings is 1. The number of rotatable bonds is 5. The Kier molecular flexibility index (Phi) is 8.49. The lowest BCUT2D eigenvalue weighted by atomic mass is 9.90. The number of H-pyrrole nitrogens is 1. The molecule has 0 unspecified atom stereocenters. The maximum absolute atomic E-state index is 13.0. The Morgan fingerprint density at radius 3 is 2.32 bits per heavy atom. The highest BCUT2D eigenvalue weighted by atomic mass is 35.5. The smallest absolute Gasteiger partial charge is 0.137 e. The molecule has 1 N–H and O–H groups in total. The number of benzene rings is 2. The van der Waals surface area contributed by atoms with Crippen LogP contribution in [0.1, 0.15) is 24.1 Å². The Labute approximate surface area is 178 Å². The van der Waals surface area contributed by atoms with Crippen LogP contribution in [0.25, 0.3) is 11.4 Å². The van der Waals surface area contributed by atoms with Gasteiger partial charge in [-0.25, -0.2) is 9.37 Å². The first-order chi connectivity index (χ1) is 12.8. The Morgan fingerprint density at radius 2 is 1.64 bits per heavy atom. The lowest BCUT2D eigenvalue weighted by Gasteiger charge is -2.31. The van der Waals surface area contributed by atoms with Crippen LogP contribution in [0, 0.1) is 11.7 Å². The van der Waals surface area contributed by atoms with E-state index in [1.807, 2.05) is 36.5 Å². The van der Waals surface area contributed by atoms with Gasteiger partial charge < -0.3 is 4.98 Å². The average molecular weight is 422 g/mol. The molecule has 3 nitrogen and oxygen atoms in total. The fourth-order valence-electron chi connectivity index (χ4n) is 3.72. The second-order valence-corrected chi connectivity index (χ2v) is 7.16. The van der Waals surface area contributed by atoms with Gasteiger partial charge in [0.1, 0.15) is 11.6 Å². The van der Waals surface area contributed by atoms with Crippen LogP contribution >= 0.6 is 24.8 Å². The number of hydrogen-bond donors (Lipinski definition) is 1. The van der Waals surface area contributed by atoms with E-state index in [0.29, 0.717) is 5.92 Å². The van der Waals surface area contributed by atoms with E-state index in [9.17, 15) is 4.39 Å². The van der Waals surface area contributed by atoms with E-state index in [-0.39, 0.29) is 30.6 Å². The van der Waals surface area contributed by atoms with Crippen molar-refractivity contribution in [3.63, 3.8) is 0 Å². The second-order valence-electron chi connectivity index (χ2n) is 7.16. The van der Waals surface area contributed by atoms with E-state index < -0.39 is 0 Å². The van der Waals surface area contributed by atoms with Crippen molar-refractivity contribution in [2.75, 3.05) is 13.1 Å². The Hall–Kier alpha value is -1.88. The SMILES string of the molecule is Cl.Cl.Fc1ccc(CC2CCN(Cc3c[nH]c(-c4ccccc4)n3)CC2)cc1. The van der Waals surface area contributed by atoms with Crippen molar-refractivity contribution in [2.24, 2.45) is 5.92 Å². The van der Waals surface area contributed by atoms with Gasteiger partial charge in [0.25, 0.3) is 0 Å². The minimum absolute atomic E-state index is 0. The van der Waals surface area contributed by atoms with Gasteiger partial charge in [-0.2, -0.15) is 0 Å². The van der Waals surface area contributed by atoms with E-state index in [4.69, 9.17) is 4.98 Å². The molecule has 2 aromatic carbocycles. The molecular formula is C22H26Cl2FN3. The standard InChI is InChI=1S/C22H24FN3.2ClH/c23-20-8-6-17(7-9-20)14-18-10-12-26(13-11-18)16-21-15-24-22(25-21)19-4-2-1-3-5-19;;/h1-9,15,18H,10-14,16H2,(H,24,25);2*1H. The van der Waals surface area contributed by atoms with Crippen molar-refractivity contribution in [2.45, 2.75) is 25.8 Å². The fourth-order valence-corrected chi connectivity index (χ4v) is 3.72. The van der Waals surface area contributed by atoms with Crippen LogP contribution in [0.4, 0.5) is 4.39 Å². The summed E-state index contributed by atoms with van der Waals surface area (Å²) in [6.07, 6.45) is 5.45. The summed E-state index contributed by atoms with van der Waals surface area (Å²) in [5, 5.41) is 0. The third-order valence-corrected chi connectivity index (χ3v) is 5.21. The molecule has 28 heavy (non-hydrogen) atoms. The van der Waals surface area contributed by atoms with Crippen molar-refractivity contribution in [1.29, 1.82) is 0 Å². The molecule has 0 atom stereocenters. The predicted octanol–water partition coefficient (Wildman–Crippen LogP) is 5.51. The van der Waals surface area contributed by atoms with Crippen molar-refractivity contribution in [3.8, 4) is 11.4 Å². The average Bonchev–Trinajstić information content (AvgIpc) is 3.14. The van der Waals surface area contributed by atoms with Crippen LogP contribution in [0.5, 0.6) is 0 Å². The highest BCUT2D eigenvalue weighted by molar-refractivity contribution is 5.85. The molecule has 0 radical (unpaired) electrons. The van der Waals surface area contributed by atoms with Crippen molar-refractivity contribution < 1.29 is 4.39 Å². The van der Waals surface area contributed by atoms with Crippen LogP contribution < -0.4 is 0 Å². The first-order valence-corrected chi connectivity index (χ1v) is 9.33. The Morgan fingerprint density at radius 1 is 0.964 bits per heavy atom. The Bertz CT molecular complexity index is 829. The van der Waals surface area contributed by atoms with Gasteiger partial charge in [0.15, 0.2) is 0 Å². The molecule has 0 amide bonds. The number of aromatic nitrogens is 2.